The predicted octanol–water partition coefficient (Wildman–Crippen LogP) is 2.99. The number of nitrogens with zero attached hydrogens (tertiary/aromatic N) is 1. The largest absolute Gasteiger partial charge is 0.352 e. The molecule has 1 amide bonds. The van der Waals surface area contributed by atoms with Gasteiger partial charge in [-0.2, -0.15) is 4.31 Å². The summed E-state index contributed by atoms with van der Waals surface area (Å²) in [7, 11) is -3.70. The Kier molecular flexibility index (Phi) is 6.10. The van der Waals surface area contributed by atoms with Gasteiger partial charge in [-0.1, -0.05) is 12.1 Å². The van der Waals surface area contributed by atoms with Gasteiger partial charge in [-0.05, 0) is 61.2 Å². The number of hydrogen-bond donors (Lipinski definition) is 1. The number of hydrogen-bond acceptors (Lipinski definition) is 3. The average Bonchev–Trinajstić information content (AvgIpc) is 2.69. The molecule has 28 heavy (non-hydrogen) atoms. The van der Waals surface area contributed by atoms with Crippen molar-refractivity contribution >= 4 is 15.9 Å². The number of carbonyl (C=O) groups excluding carboxylic acids is 1. The lowest BCUT2D eigenvalue weighted by molar-refractivity contribution is -0.126. The van der Waals surface area contributed by atoms with E-state index in [1.54, 1.807) is 19.1 Å². The van der Waals surface area contributed by atoms with Crippen LogP contribution in [0.1, 0.15) is 24.0 Å². The number of rotatable bonds is 5. The van der Waals surface area contributed by atoms with Gasteiger partial charge < -0.3 is 5.32 Å². The van der Waals surface area contributed by atoms with Gasteiger partial charge in [-0.25, -0.2) is 17.2 Å². The SMILES string of the molecule is Cc1ccc(CNC(=O)C2CCN(S(=O)(=O)c3ccc(F)cc3)CC2)cc1F. The zero-order valence-corrected chi connectivity index (χ0v) is 16.3. The Balaban J connectivity index is 1.55. The molecule has 0 spiro atoms. The van der Waals surface area contributed by atoms with Gasteiger partial charge in [0, 0.05) is 25.6 Å². The summed E-state index contributed by atoms with van der Waals surface area (Å²) in [5.74, 6) is -1.27. The van der Waals surface area contributed by atoms with E-state index in [-0.39, 0.29) is 42.2 Å². The summed E-state index contributed by atoms with van der Waals surface area (Å²) in [6, 6.07) is 9.52. The summed E-state index contributed by atoms with van der Waals surface area (Å²) in [6.07, 6.45) is 0.795. The third kappa shape index (κ3) is 4.56. The van der Waals surface area contributed by atoms with Gasteiger partial charge >= 0.3 is 0 Å². The molecule has 0 bridgehead atoms. The van der Waals surface area contributed by atoms with Crippen LogP contribution in [-0.4, -0.2) is 31.7 Å². The Morgan fingerprint density at radius 3 is 2.36 bits per heavy atom. The summed E-state index contributed by atoms with van der Waals surface area (Å²) < 4.78 is 53.1. The van der Waals surface area contributed by atoms with Crippen LogP contribution in [0.3, 0.4) is 0 Å². The third-order valence-electron chi connectivity index (χ3n) is 4.98. The molecule has 1 heterocycles. The molecule has 0 aromatic heterocycles. The van der Waals surface area contributed by atoms with Crippen LogP contribution in [0.2, 0.25) is 0 Å². The number of sulfonamides is 1. The van der Waals surface area contributed by atoms with Crippen molar-refractivity contribution in [3.8, 4) is 0 Å². The Bertz CT molecular complexity index is 954. The molecule has 1 aliphatic rings. The highest BCUT2D eigenvalue weighted by molar-refractivity contribution is 7.89. The first kappa shape index (κ1) is 20.4. The lowest BCUT2D eigenvalue weighted by Gasteiger charge is -2.30. The van der Waals surface area contributed by atoms with E-state index < -0.39 is 15.8 Å². The van der Waals surface area contributed by atoms with Crippen molar-refractivity contribution in [2.45, 2.75) is 31.2 Å². The summed E-state index contributed by atoms with van der Waals surface area (Å²) in [4.78, 5) is 12.4. The summed E-state index contributed by atoms with van der Waals surface area (Å²) >= 11 is 0. The standard InChI is InChI=1S/C20H22F2N2O3S/c1-14-2-3-15(12-19(14)22)13-23-20(25)16-8-10-24(11-9-16)28(26,27)18-6-4-17(21)5-7-18/h2-7,12,16H,8-11,13H2,1H3,(H,23,25). The number of benzene rings is 2. The van der Waals surface area contributed by atoms with Gasteiger partial charge in [0.1, 0.15) is 11.6 Å². The third-order valence-corrected chi connectivity index (χ3v) is 6.89. The van der Waals surface area contributed by atoms with E-state index in [4.69, 9.17) is 0 Å². The fourth-order valence-electron chi connectivity index (χ4n) is 3.19. The van der Waals surface area contributed by atoms with Gasteiger partial charge in [-0.15, -0.1) is 0 Å². The molecule has 0 unspecified atom stereocenters. The first-order valence-electron chi connectivity index (χ1n) is 9.06. The van der Waals surface area contributed by atoms with Crippen LogP contribution in [0.15, 0.2) is 47.4 Å². The predicted molar refractivity (Wildman–Crippen MR) is 101 cm³/mol. The Morgan fingerprint density at radius 1 is 1.11 bits per heavy atom. The fourth-order valence-corrected chi connectivity index (χ4v) is 4.66. The quantitative estimate of drug-likeness (QED) is 0.827. The molecule has 1 aliphatic heterocycles. The van der Waals surface area contributed by atoms with Crippen molar-refractivity contribution in [3.63, 3.8) is 0 Å². The molecule has 1 N–H and O–H groups in total. The smallest absolute Gasteiger partial charge is 0.243 e. The van der Waals surface area contributed by atoms with Gasteiger partial charge in [0.2, 0.25) is 15.9 Å². The highest BCUT2D eigenvalue weighted by Gasteiger charge is 2.32. The first-order chi connectivity index (χ1) is 13.3. The first-order valence-corrected chi connectivity index (χ1v) is 10.5. The van der Waals surface area contributed by atoms with E-state index in [0.717, 1.165) is 12.1 Å². The number of aryl methyl sites for hydroxylation is 1. The lowest BCUT2D eigenvalue weighted by Crippen LogP contribution is -2.42. The van der Waals surface area contributed by atoms with E-state index in [1.807, 2.05) is 0 Å². The second-order valence-electron chi connectivity index (χ2n) is 6.93. The summed E-state index contributed by atoms with van der Waals surface area (Å²) in [5, 5.41) is 2.79. The van der Waals surface area contributed by atoms with Crippen LogP contribution in [0.4, 0.5) is 8.78 Å². The molecule has 8 heteroatoms. The van der Waals surface area contributed by atoms with Crippen molar-refractivity contribution in [2.75, 3.05) is 13.1 Å². The van der Waals surface area contributed by atoms with Crippen molar-refractivity contribution < 1.29 is 22.0 Å². The molecule has 0 saturated carbocycles. The Morgan fingerprint density at radius 2 is 1.75 bits per heavy atom. The van der Waals surface area contributed by atoms with Gasteiger partial charge in [0.15, 0.2) is 0 Å². The van der Waals surface area contributed by atoms with Crippen LogP contribution in [0, 0.1) is 24.5 Å². The monoisotopic (exact) mass is 408 g/mol. The highest BCUT2D eigenvalue weighted by Crippen LogP contribution is 2.24. The van der Waals surface area contributed by atoms with E-state index >= 15 is 0 Å². The zero-order valence-electron chi connectivity index (χ0n) is 15.5. The summed E-state index contributed by atoms with van der Waals surface area (Å²) in [6.45, 7) is 2.34. The molecule has 5 nitrogen and oxygen atoms in total. The number of carbonyl (C=O) groups is 1. The summed E-state index contributed by atoms with van der Waals surface area (Å²) in [5.41, 5.74) is 1.22. The van der Waals surface area contributed by atoms with Crippen LogP contribution in [0.5, 0.6) is 0 Å². The number of nitrogens with one attached hydrogen (secondary N) is 1. The minimum atomic E-state index is -3.70. The van der Waals surface area contributed by atoms with Crippen LogP contribution < -0.4 is 5.32 Å². The molecule has 1 saturated heterocycles. The van der Waals surface area contributed by atoms with Crippen molar-refractivity contribution in [1.82, 2.24) is 9.62 Å². The number of amides is 1. The number of halogens is 2. The van der Waals surface area contributed by atoms with Gasteiger partial charge in [-0.3, -0.25) is 4.79 Å². The average molecular weight is 408 g/mol. The van der Waals surface area contributed by atoms with E-state index in [9.17, 15) is 22.0 Å². The van der Waals surface area contributed by atoms with Crippen LogP contribution in [-0.2, 0) is 21.4 Å². The minimum absolute atomic E-state index is 0.0400. The van der Waals surface area contributed by atoms with Crippen molar-refractivity contribution in [3.05, 3.63) is 65.2 Å². The van der Waals surface area contributed by atoms with Crippen molar-refractivity contribution in [1.29, 1.82) is 0 Å². The zero-order chi connectivity index (χ0) is 20.3. The van der Waals surface area contributed by atoms with Gasteiger partial charge in [0.25, 0.3) is 0 Å². The maximum Gasteiger partial charge on any atom is 0.243 e. The molecule has 1 fully saturated rings. The molecule has 0 aliphatic carbocycles. The molecule has 150 valence electrons. The van der Waals surface area contributed by atoms with E-state index in [0.29, 0.717) is 24.0 Å². The second kappa shape index (κ2) is 8.36. The van der Waals surface area contributed by atoms with E-state index in [2.05, 4.69) is 5.32 Å². The molecule has 0 atom stereocenters. The minimum Gasteiger partial charge on any atom is -0.352 e. The second-order valence-corrected chi connectivity index (χ2v) is 8.87. The lowest BCUT2D eigenvalue weighted by atomic mass is 9.97. The Labute approximate surface area is 163 Å². The van der Waals surface area contributed by atoms with Gasteiger partial charge in [0.05, 0.1) is 4.90 Å². The molecule has 2 aromatic carbocycles. The topological polar surface area (TPSA) is 66.5 Å². The maximum absolute atomic E-state index is 13.6. The van der Waals surface area contributed by atoms with Crippen LogP contribution in [0.25, 0.3) is 0 Å². The van der Waals surface area contributed by atoms with Crippen molar-refractivity contribution in [2.24, 2.45) is 5.92 Å². The number of piperidine rings is 1. The molecule has 2 aromatic rings. The fraction of sp³-hybridized carbons (Fsp3) is 0.350. The van der Waals surface area contributed by atoms with Crippen LogP contribution >= 0.6 is 0 Å². The highest BCUT2D eigenvalue weighted by atomic mass is 32.2. The molecule has 0 radical (unpaired) electrons. The maximum atomic E-state index is 13.6. The molecular formula is C20H22F2N2O3S. The van der Waals surface area contributed by atoms with E-state index in [1.165, 1.54) is 22.5 Å². The Hall–Kier alpha value is -2.32. The molecular weight excluding hydrogens is 386 g/mol. The molecule has 3 rings (SSSR count). The normalized spacial score (nSPS) is 16.1.